The molecule has 0 bridgehead atoms. The second-order valence-corrected chi connectivity index (χ2v) is 6.48. The molecule has 0 aliphatic carbocycles. The number of hydrogen-bond acceptors (Lipinski definition) is 4. The SMILES string of the molecule is CCCCCCCCCC(=O)NC(=O)NC1CC(C)=NS1. The molecule has 1 aliphatic heterocycles. The Balaban J connectivity index is 1.99. The van der Waals surface area contributed by atoms with Crippen molar-refractivity contribution < 1.29 is 9.59 Å². The number of urea groups is 1. The van der Waals surface area contributed by atoms with Crippen molar-refractivity contribution in [3.05, 3.63) is 0 Å². The first-order chi connectivity index (χ1) is 10.1. The van der Waals surface area contributed by atoms with E-state index in [9.17, 15) is 9.59 Å². The minimum absolute atomic E-state index is 0.0450. The summed E-state index contributed by atoms with van der Waals surface area (Å²) in [7, 11) is 0. The largest absolute Gasteiger partial charge is 0.324 e. The summed E-state index contributed by atoms with van der Waals surface area (Å²) in [4.78, 5) is 23.2. The Hall–Kier alpha value is -1.04. The maximum absolute atomic E-state index is 11.6. The van der Waals surface area contributed by atoms with E-state index in [2.05, 4.69) is 22.0 Å². The number of amides is 3. The normalized spacial score (nSPS) is 17.4. The Labute approximate surface area is 131 Å². The number of nitrogens with zero attached hydrogens (tertiary/aromatic N) is 1. The van der Waals surface area contributed by atoms with Crippen LogP contribution in [0.25, 0.3) is 0 Å². The Bertz CT molecular complexity index is 372. The summed E-state index contributed by atoms with van der Waals surface area (Å²) in [5, 5.41) is 5.08. The molecular weight excluding hydrogens is 286 g/mol. The predicted octanol–water partition coefficient (Wildman–Crippen LogP) is 3.79. The Morgan fingerprint density at radius 2 is 1.86 bits per heavy atom. The van der Waals surface area contributed by atoms with Crippen molar-refractivity contribution in [1.29, 1.82) is 0 Å². The molecule has 3 amide bonds. The summed E-state index contributed by atoms with van der Waals surface area (Å²) >= 11 is 1.34. The predicted molar refractivity (Wildman–Crippen MR) is 88.4 cm³/mol. The molecule has 0 aromatic heterocycles. The van der Waals surface area contributed by atoms with E-state index in [0.717, 1.165) is 25.0 Å². The minimum atomic E-state index is -0.412. The first-order valence-electron chi connectivity index (χ1n) is 7.91. The summed E-state index contributed by atoms with van der Waals surface area (Å²) in [6, 6.07) is -0.412. The zero-order valence-electron chi connectivity index (χ0n) is 13.1. The first kappa shape index (κ1) is 18.0. The van der Waals surface area contributed by atoms with Gasteiger partial charge in [-0.3, -0.25) is 10.1 Å². The third-order valence-corrected chi connectivity index (χ3v) is 4.33. The number of nitrogens with one attached hydrogen (secondary N) is 2. The molecule has 2 N–H and O–H groups in total. The van der Waals surface area contributed by atoms with E-state index in [-0.39, 0.29) is 11.3 Å². The minimum Gasteiger partial charge on any atom is -0.324 e. The number of carbonyl (C=O) groups excluding carboxylic acids is 2. The van der Waals surface area contributed by atoms with Crippen molar-refractivity contribution >= 4 is 29.6 Å². The molecule has 5 nitrogen and oxygen atoms in total. The molecule has 0 spiro atoms. The lowest BCUT2D eigenvalue weighted by molar-refractivity contribution is -0.120. The van der Waals surface area contributed by atoms with Crippen molar-refractivity contribution in [1.82, 2.24) is 10.6 Å². The molecule has 1 unspecified atom stereocenters. The van der Waals surface area contributed by atoms with Gasteiger partial charge in [0.15, 0.2) is 0 Å². The first-order valence-corrected chi connectivity index (χ1v) is 8.75. The lowest BCUT2D eigenvalue weighted by Gasteiger charge is -2.10. The van der Waals surface area contributed by atoms with Gasteiger partial charge in [0.2, 0.25) is 5.91 Å². The molecule has 1 heterocycles. The lowest BCUT2D eigenvalue weighted by atomic mass is 10.1. The summed E-state index contributed by atoms with van der Waals surface area (Å²) in [5.41, 5.74) is 1.01. The fourth-order valence-corrected chi connectivity index (χ4v) is 3.05. The number of imide groups is 1. The molecule has 0 aromatic carbocycles. The van der Waals surface area contributed by atoms with E-state index >= 15 is 0 Å². The van der Waals surface area contributed by atoms with Crippen LogP contribution in [0, 0.1) is 0 Å². The van der Waals surface area contributed by atoms with Crippen LogP contribution in [0.4, 0.5) is 4.79 Å². The smallest absolute Gasteiger partial charge is 0.322 e. The van der Waals surface area contributed by atoms with Crippen LogP contribution < -0.4 is 10.6 Å². The molecule has 1 aliphatic rings. The quantitative estimate of drug-likeness (QED) is 0.502. The molecule has 1 atom stereocenters. The second kappa shape index (κ2) is 10.7. The van der Waals surface area contributed by atoms with Crippen LogP contribution in [0.1, 0.15) is 71.6 Å². The molecule has 0 saturated carbocycles. The van der Waals surface area contributed by atoms with Crippen LogP contribution >= 0.6 is 11.9 Å². The van der Waals surface area contributed by atoms with Crippen molar-refractivity contribution in [2.75, 3.05) is 0 Å². The third kappa shape index (κ3) is 8.75. The monoisotopic (exact) mass is 313 g/mol. The van der Waals surface area contributed by atoms with Crippen molar-refractivity contribution in [3.8, 4) is 0 Å². The highest BCUT2D eigenvalue weighted by atomic mass is 32.2. The van der Waals surface area contributed by atoms with E-state index in [4.69, 9.17) is 0 Å². The lowest BCUT2D eigenvalue weighted by Crippen LogP contribution is -2.43. The van der Waals surface area contributed by atoms with Gasteiger partial charge >= 0.3 is 6.03 Å². The molecule has 120 valence electrons. The third-order valence-electron chi connectivity index (χ3n) is 3.37. The average molecular weight is 313 g/mol. The van der Waals surface area contributed by atoms with Gasteiger partial charge in [-0.05, 0) is 25.3 Å². The van der Waals surface area contributed by atoms with Gasteiger partial charge in [-0.1, -0.05) is 45.4 Å². The van der Waals surface area contributed by atoms with Crippen LogP contribution in [-0.2, 0) is 4.79 Å². The number of unbranched alkanes of at least 4 members (excludes halogenated alkanes) is 6. The summed E-state index contributed by atoms with van der Waals surface area (Å²) in [6.07, 6.45) is 9.33. The fraction of sp³-hybridized carbons (Fsp3) is 0.800. The van der Waals surface area contributed by atoms with Gasteiger partial charge in [0.05, 0.1) is 0 Å². The van der Waals surface area contributed by atoms with Gasteiger partial charge in [0, 0.05) is 18.6 Å². The van der Waals surface area contributed by atoms with E-state index in [1.165, 1.54) is 44.1 Å². The summed E-state index contributed by atoms with van der Waals surface area (Å²) in [6.45, 7) is 4.13. The highest BCUT2D eigenvalue weighted by Crippen LogP contribution is 2.21. The highest BCUT2D eigenvalue weighted by Gasteiger charge is 2.19. The Kier molecular flexibility index (Phi) is 9.14. The van der Waals surface area contributed by atoms with Gasteiger partial charge in [0.1, 0.15) is 5.37 Å². The van der Waals surface area contributed by atoms with Crippen LogP contribution in [0.2, 0.25) is 0 Å². The van der Waals surface area contributed by atoms with Gasteiger partial charge in [-0.25, -0.2) is 9.19 Å². The topological polar surface area (TPSA) is 70.6 Å². The van der Waals surface area contributed by atoms with Crippen LogP contribution in [0.15, 0.2) is 4.40 Å². The van der Waals surface area contributed by atoms with Crippen LogP contribution in [-0.4, -0.2) is 23.0 Å². The molecule has 0 radical (unpaired) electrons. The van der Waals surface area contributed by atoms with E-state index < -0.39 is 6.03 Å². The average Bonchev–Trinajstić information content (AvgIpc) is 2.82. The van der Waals surface area contributed by atoms with E-state index in [1.54, 1.807) is 0 Å². The van der Waals surface area contributed by atoms with Crippen molar-refractivity contribution in [2.45, 2.75) is 77.0 Å². The molecule has 0 aromatic rings. The summed E-state index contributed by atoms with van der Waals surface area (Å²) in [5.74, 6) is -0.193. The Morgan fingerprint density at radius 3 is 2.48 bits per heavy atom. The van der Waals surface area contributed by atoms with Crippen LogP contribution in [0.5, 0.6) is 0 Å². The number of carbonyl (C=O) groups is 2. The van der Waals surface area contributed by atoms with Gasteiger partial charge in [-0.15, -0.1) is 0 Å². The molecule has 21 heavy (non-hydrogen) atoms. The highest BCUT2D eigenvalue weighted by molar-refractivity contribution is 7.99. The van der Waals surface area contributed by atoms with Gasteiger partial charge in [0.25, 0.3) is 0 Å². The maximum Gasteiger partial charge on any atom is 0.322 e. The second-order valence-electron chi connectivity index (χ2n) is 5.52. The molecule has 1 rings (SSSR count). The van der Waals surface area contributed by atoms with E-state index in [1.807, 2.05) is 6.92 Å². The van der Waals surface area contributed by atoms with Crippen LogP contribution in [0.3, 0.4) is 0 Å². The van der Waals surface area contributed by atoms with Crippen molar-refractivity contribution in [3.63, 3.8) is 0 Å². The number of hydrogen-bond donors (Lipinski definition) is 2. The molecule has 0 fully saturated rings. The van der Waals surface area contributed by atoms with Gasteiger partial charge in [-0.2, -0.15) is 0 Å². The van der Waals surface area contributed by atoms with Crippen molar-refractivity contribution in [2.24, 2.45) is 4.40 Å². The fourth-order valence-electron chi connectivity index (χ4n) is 2.19. The summed E-state index contributed by atoms with van der Waals surface area (Å²) < 4.78 is 4.15. The number of rotatable bonds is 9. The molecule has 6 heteroatoms. The zero-order chi connectivity index (χ0) is 15.5. The maximum atomic E-state index is 11.6. The molecule has 0 saturated heterocycles. The van der Waals surface area contributed by atoms with E-state index in [0.29, 0.717) is 6.42 Å². The molecular formula is C15H27N3O2S. The van der Waals surface area contributed by atoms with Gasteiger partial charge < -0.3 is 5.32 Å². The standard InChI is InChI=1S/C15H27N3O2S/c1-3-4-5-6-7-8-9-10-13(19)16-15(20)17-14-11-12(2)18-21-14/h14H,3-11H2,1-2H3,(H2,16,17,19,20). The Morgan fingerprint density at radius 1 is 1.19 bits per heavy atom. The zero-order valence-corrected chi connectivity index (χ0v) is 13.9.